The summed E-state index contributed by atoms with van der Waals surface area (Å²) in [6, 6.07) is 1.82. The molecule has 0 bridgehead atoms. The number of amides is 1. The lowest BCUT2D eigenvalue weighted by Crippen LogP contribution is -2.31. The molecule has 0 unspecified atom stereocenters. The lowest BCUT2D eigenvalue weighted by atomic mass is 9.81. The van der Waals surface area contributed by atoms with E-state index in [4.69, 9.17) is 0 Å². The van der Waals surface area contributed by atoms with Gasteiger partial charge < -0.3 is 10.6 Å². The topological polar surface area (TPSA) is 54.0 Å². The van der Waals surface area contributed by atoms with Crippen molar-refractivity contribution in [1.29, 1.82) is 0 Å². The van der Waals surface area contributed by atoms with Crippen LogP contribution in [0.1, 0.15) is 49.4 Å². The van der Waals surface area contributed by atoms with Gasteiger partial charge in [-0.2, -0.15) is 0 Å². The molecule has 1 aromatic rings. The summed E-state index contributed by atoms with van der Waals surface area (Å²) < 4.78 is 0. The van der Waals surface area contributed by atoms with E-state index < -0.39 is 0 Å². The Morgan fingerprint density at radius 1 is 1.30 bits per heavy atom. The first-order chi connectivity index (χ1) is 9.74. The van der Waals surface area contributed by atoms with Gasteiger partial charge in [-0.05, 0) is 30.7 Å². The molecule has 1 fully saturated rings. The largest absolute Gasteiger partial charge is 0.387 e. The Bertz CT molecular complexity index is 439. The maximum Gasteiger partial charge on any atom is 0.254 e. The molecule has 110 valence electrons. The number of carbonyl (C=O) groups excluding carboxylic acids is 1. The standard InChI is InChI=1S/C16H25N3O/c1-3-12-4-6-13(7-5-12)10-19-16(20)14-11-18-9-8-15(14)17-2/h8-9,11-13H,3-7,10H2,1-2H3,(H,17,18)(H,19,20). The Morgan fingerprint density at radius 3 is 2.65 bits per heavy atom. The molecule has 1 heterocycles. The van der Waals surface area contributed by atoms with Crippen molar-refractivity contribution in [3.63, 3.8) is 0 Å². The van der Waals surface area contributed by atoms with E-state index in [2.05, 4.69) is 22.5 Å². The molecule has 0 radical (unpaired) electrons. The molecule has 0 spiro atoms. The zero-order valence-electron chi connectivity index (χ0n) is 12.5. The van der Waals surface area contributed by atoms with Crippen molar-refractivity contribution in [3.05, 3.63) is 24.0 Å². The average Bonchev–Trinajstić information content (AvgIpc) is 2.53. The maximum absolute atomic E-state index is 12.2. The van der Waals surface area contributed by atoms with Crippen molar-refractivity contribution in [2.75, 3.05) is 18.9 Å². The Kier molecular flexibility index (Phi) is 5.39. The summed E-state index contributed by atoms with van der Waals surface area (Å²) in [6.45, 7) is 3.06. The number of aromatic nitrogens is 1. The Hall–Kier alpha value is -1.58. The van der Waals surface area contributed by atoms with Gasteiger partial charge in [-0.15, -0.1) is 0 Å². The van der Waals surface area contributed by atoms with Crippen molar-refractivity contribution in [2.24, 2.45) is 11.8 Å². The lowest BCUT2D eigenvalue weighted by Gasteiger charge is -2.27. The van der Waals surface area contributed by atoms with Crippen LogP contribution in [0.5, 0.6) is 0 Å². The molecular weight excluding hydrogens is 250 g/mol. The second-order valence-corrected chi connectivity index (χ2v) is 5.68. The molecule has 0 aromatic carbocycles. The molecule has 20 heavy (non-hydrogen) atoms. The van der Waals surface area contributed by atoms with Crippen molar-refractivity contribution in [2.45, 2.75) is 39.0 Å². The maximum atomic E-state index is 12.2. The smallest absolute Gasteiger partial charge is 0.254 e. The van der Waals surface area contributed by atoms with E-state index in [1.54, 1.807) is 12.4 Å². The summed E-state index contributed by atoms with van der Waals surface area (Å²) in [7, 11) is 1.82. The molecule has 0 saturated heterocycles. The molecule has 0 atom stereocenters. The lowest BCUT2D eigenvalue weighted by molar-refractivity contribution is 0.0941. The summed E-state index contributed by atoms with van der Waals surface area (Å²) in [5, 5.41) is 6.08. The van der Waals surface area contributed by atoms with Crippen LogP contribution < -0.4 is 10.6 Å². The fourth-order valence-corrected chi connectivity index (χ4v) is 2.97. The zero-order chi connectivity index (χ0) is 14.4. The molecule has 1 aliphatic rings. The van der Waals surface area contributed by atoms with Gasteiger partial charge in [-0.25, -0.2) is 0 Å². The highest BCUT2D eigenvalue weighted by molar-refractivity contribution is 5.99. The van der Waals surface area contributed by atoms with E-state index >= 15 is 0 Å². The third-order valence-electron chi connectivity index (χ3n) is 4.43. The van der Waals surface area contributed by atoms with Crippen LogP contribution >= 0.6 is 0 Å². The summed E-state index contributed by atoms with van der Waals surface area (Å²) in [5.41, 5.74) is 1.45. The summed E-state index contributed by atoms with van der Waals surface area (Å²) >= 11 is 0. The SMILES string of the molecule is CCC1CCC(CNC(=O)c2cnccc2NC)CC1. The molecule has 4 heteroatoms. The Labute approximate surface area is 121 Å². The quantitative estimate of drug-likeness (QED) is 0.868. The molecule has 1 saturated carbocycles. The van der Waals surface area contributed by atoms with Gasteiger partial charge in [0.15, 0.2) is 0 Å². The Morgan fingerprint density at radius 2 is 2.00 bits per heavy atom. The van der Waals surface area contributed by atoms with Crippen molar-refractivity contribution in [1.82, 2.24) is 10.3 Å². The van der Waals surface area contributed by atoms with Crippen molar-refractivity contribution >= 4 is 11.6 Å². The molecule has 0 aliphatic heterocycles. The van der Waals surface area contributed by atoms with E-state index in [1.165, 1.54) is 32.1 Å². The minimum atomic E-state index is -0.0277. The zero-order valence-corrected chi connectivity index (χ0v) is 12.5. The van der Waals surface area contributed by atoms with E-state index in [1.807, 2.05) is 13.1 Å². The second kappa shape index (κ2) is 7.27. The molecule has 1 aliphatic carbocycles. The fourth-order valence-electron chi connectivity index (χ4n) is 2.97. The van der Waals surface area contributed by atoms with Crippen molar-refractivity contribution in [3.8, 4) is 0 Å². The van der Waals surface area contributed by atoms with E-state index in [0.717, 1.165) is 18.2 Å². The molecule has 4 nitrogen and oxygen atoms in total. The molecule has 1 amide bonds. The number of carbonyl (C=O) groups is 1. The highest BCUT2D eigenvalue weighted by Crippen LogP contribution is 2.30. The number of hydrogen-bond donors (Lipinski definition) is 2. The van der Waals surface area contributed by atoms with Crippen LogP contribution in [-0.2, 0) is 0 Å². The van der Waals surface area contributed by atoms with Gasteiger partial charge in [0.2, 0.25) is 0 Å². The van der Waals surface area contributed by atoms with Crippen LogP contribution in [0.25, 0.3) is 0 Å². The van der Waals surface area contributed by atoms with Gasteiger partial charge in [-0.1, -0.05) is 26.2 Å². The first kappa shape index (κ1) is 14.8. The molecular formula is C16H25N3O. The predicted octanol–water partition coefficient (Wildman–Crippen LogP) is 3.07. The van der Waals surface area contributed by atoms with E-state index in [9.17, 15) is 4.79 Å². The van der Waals surface area contributed by atoms with Gasteiger partial charge >= 0.3 is 0 Å². The van der Waals surface area contributed by atoms with Crippen LogP contribution in [0.4, 0.5) is 5.69 Å². The third-order valence-corrected chi connectivity index (χ3v) is 4.43. The number of rotatable bonds is 5. The first-order valence-electron chi connectivity index (χ1n) is 7.64. The van der Waals surface area contributed by atoms with Crippen LogP contribution in [-0.4, -0.2) is 24.5 Å². The van der Waals surface area contributed by atoms with E-state index in [0.29, 0.717) is 11.5 Å². The fraction of sp³-hybridized carbons (Fsp3) is 0.625. The minimum absolute atomic E-state index is 0.0277. The first-order valence-corrected chi connectivity index (χ1v) is 7.64. The van der Waals surface area contributed by atoms with Gasteiger partial charge in [0, 0.05) is 31.7 Å². The summed E-state index contributed by atoms with van der Waals surface area (Å²) in [5.74, 6) is 1.51. The second-order valence-electron chi connectivity index (χ2n) is 5.68. The van der Waals surface area contributed by atoms with Gasteiger partial charge in [0.1, 0.15) is 0 Å². The van der Waals surface area contributed by atoms with E-state index in [-0.39, 0.29) is 5.91 Å². The van der Waals surface area contributed by atoms with Crippen LogP contribution in [0.2, 0.25) is 0 Å². The molecule has 1 aromatic heterocycles. The number of pyridine rings is 1. The minimum Gasteiger partial charge on any atom is -0.387 e. The van der Waals surface area contributed by atoms with Gasteiger partial charge in [0.25, 0.3) is 5.91 Å². The highest BCUT2D eigenvalue weighted by Gasteiger charge is 2.20. The number of hydrogen-bond acceptors (Lipinski definition) is 3. The number of nitrogens with zero attached hydrogens (tertiary/aromatic N) is 1. The third kappa shape index (κ3) is 3.71. The number of nitrogens with one attached hydrogen (secondary N) is 2. The van der Waals surface area contributed by atoms with Crippen LogP contribution in [0.15, 0.2) is 18.5 Å². The van der Waals surface area contributed by atoms with Crippen molar-refractivity contribution < 1.29 is 4.79 Å². The van der Waals surface area contributed by atoms with Gasteiger partial charge in [0.05, 0.1) is 5.56 Å². The van der Waals surface area contributed by atoms with Crippen LogP contribution in [0.3, 0.4) is 0 Å². The molecule has 2 rings (SSSR count). The van der Waals surface area contributed by atoms with Gasteiger partial charge in [-0.3, -0.25) is 9.78 Å². The predicted molar refractivity (Wildman–Crippen MR) is 81.9 cm³/mol. The average molecular weight is 275 g/mol. The summed E-state index contributed by atoms with van der Waals surface area (Å²) in [4.78, 5) is 16.2. The summed E-state index contributed by atoms with van der Waals surface area (Å²) in [6.07, 6.45) is 9.71. The Balaban J connectivity index is 1.83. The molecule has 2 N–H and O–H groups in total. The highest BCUT2D eigenvalue weighted by atomic mass is 16.1. The normalized spacial score (nSPS) is 22.3. The number of anilines is 1. The monoisotopic (exact) mass is 275 g/mol. The van der Waals surface area contributed by atoms with Crippen LogP contribution in [0, 0.1) is 11.8 Å².